The van der Waals surface area contributed by atoms with Crippen LogP contribution >= 0.6 is 0 Å². The lowest BCUT2D eigenvalue weighted by atomic mass is 10.4. The average molecular weight is 112 g/mol. The van der Waals surface area contributed by atoms with E-state index in [-0.39, 0.29) is 2.85 Å². The molecule has 0 saturated heterocycles. The summed E-state index contributed by atoms with van der Waals surface area (Å²) in [6, 6.07) is 0. The van der Waals surface area contributed by atoms with Gasteiger partial charge >= 0.3 is 0 Å². The highest BCUT2D eigenvalue weighted by Crippen LogP contribution is 1.77. The van der Waals surface area contributed by atoms with E-state index >= 15 is 0 Å². The third-order valence-electron chi connectivity index (χ3n) is 0.354. The minimum absolute atomic E-state index is 0. The van der Waals surface area contributed by atoms with Gasteiger partial charge in [-0.05, 0) is 26.3 Å². The first kappa shape index (κ1) is 10.1. The van der Waals surface area contributed by atoms with Crippen LogP contribution in [0.25, 0.3) is 0 Å². The van der Waals surface area contributed by atoms with Crippen molar-refractivity contribution in [3.63, 3.8) is 0 Å². The smallest absolute Gasteiger partial charge is 0 e. The maximum atomic E-state index is 4.60. The van der Waals surface area contributed by atoms with E-state index in [1.807, 2.05) is 13.8 Å². The van der Waals surface area contributed by atoms with Crippen molar-refractivity contribution in [2.45, 2.75) is 20.8 Å². The molecule has 0 N–H and O–H groups in total. The first-order valence-electron chi connectivity index (χ1n) is 2.39. The Labute approximate surface area is 54.9 Å². The van der Waals surface area contributed by atoms with E-state index in [2.05, 4.69) is 24.7 Å². The number of hydrogen-bond donors (Lipinski definition) is 0. The molecule has 0 spiro atoms. The summed E-state index contributed by atoms with van der Waals surface area (Å²) in [6.45, 7) is 8.98. The Morgan fingerprint density at radius 1 is 1.62 bits per heavy atom. The zero-order valence-corrected chi connectivity index (χ0v) is 5.78. The van der Waals surface area contributed by atoms with Gasteiger partial charge in [-0.3, -0.25) is 0 Å². The van der Waals surface area contributed by atoms with Gasteiger partial charge in [-0.15, -0.1) is 18.1 Å². The van der Waals surface area contributed by atoms with Crippen LogP contribution in [0.2, 0.25) is 0 Å². The molecule has 0 unspecified atom stereocenters. The van der Waals surface area contributed by atoms with Crippen LogP contribution in [0.5, 0.6) is 0 Å². The predicted molar refractivity (Wildman–Crippen MR) is 42.7 cm³/mol. The van der Waals surface area contributed by atoms with E-state index in [1.54, 1.807) is 6.92 Å². The van der Waals surface area contributed by atoms with E-state index in [1.165, 1.54) is 0 Å². The molecule has 0 aromatic heterocycles. The minimum atomic E-state index is 0. The number of allylic oxidation sites excluding steroid dienone is 1. The summed E-state index contributed by atoms with van der Waals surface area (Å²) in [4.78, 5) is 0. The van der Waals surface area contributed by atoms with Crippen molar-refractivity contribution in [3.8, 4) is 12.3 Å². The van der Waals surface area contributed by atoms with Gasteiger partial charge in [-0.1, -0.05) is 6.58 Å². The molecule has 0 aromatic rings. The van der Waals surface area contributed by atoms with Gasteiger partial charge in [0.2, 0.25) is 0 Å². The molecule has 0 aliphatic rings. The molecule has 0 amide bonds. The number of hydrogen-bond acceptors (Lipinski definition) is 0. The van der Waals surface area contributed by atoms with Gasteiger partial charge in [-0.2, -0.15) is 0 Å². The van der Waals surface area contributed by atoms with Crippen LogP contribution in [0, 0.1) is 12.3 Å². The summed E-state index contributed by atoms with van der Waals surface area (Å²) in [7, 11) is 0. The van der Waals surface area contributed by atoms with Gasteiger partial charge in [0.15, 0.2) is 0 Å². The van der Waals surface area contributed by atoms with E-state index in [0.29, 0.717) is 0 Å². The Hall–Kier alpha value is -0.920. The second-order valence-electron chi connectivity index (χ2n) is 1.47. The number of rotatable bonds is 0. The second kappa shape index (κ2) is 9.43. The van der Waals surface area contributed by atoms with E-state index < -0.39 is 0 Å². The Kier molecular flexibility index (Phi) is 11.9. The zero-order chi connectivity index (χ0) is 6.99. The Balaban J connectivity index is -0.0000000326. The number of terminal acetylenes is 1. The Morgan fingerprint density at radius 2 is 1.75 bits per heavy atom. The molecule has 0 heteroatoms. The van der Waals surface area contributed by atoms with Crippen LogP contribution in [-0.4, -0.2) is 0 Å². The van der Waals surface area contributed by atoms with E-state index in [0.717, 1.165) is 5.57 Å². The summed E-state index contributed by atoms with van der Waals surface area (Å²) in [6.07, 6.45) is 4.60. The quantitative estimate of drug-likeness (QED) is 0.334. The van der Waals surface area contributed by atoms with Crippen LogP contribution in [0.3, 0.4) is 0 Å². The third-order valence-corrected chi connectivity index (χ3v) is 0.354. The lowest BCUT2D eigenvalue weighted by molar-refractivity contribution is 1.41. The van der Waals surface area contributed by atoms with Crippen LogP contribution in [0.4, 0.5) is 0 Å². The van der Waals surface area contributed by atoms with E-state index in [9.17, 15) is 0 Å². The Bertz CT molecular complexity index is 121. The summed E-state index contributed by atoms with van der Waals surface area (Å²) in [5.41, 5.74) is 3.84. The highest BCUT2D eigenvalue weighted by molar-refractivity contribution is 4.87. The first-order chi connectivity index (χ1) is 3.68. The monoisotopic (exact) mass is 112 g/mol. The normalized spacial score (nSPS) is 4.75. The predicted octanol–water partition coefficient (Wildman–Crippen LogP) is 2.87. The molecule has 0 aromatic carbocycles. The molecule has 0 aliphatic heterocycles. The van der Waals surface area contributed by atoms with Gasteiger partial charge in [0.25, 0.3) is 0 Å². The first-order valence-corrected chi connectivity index (χ1v) is 2.39. The van der Waals surface area contributed by atoms with Crippen molar-refractivity contribution in [2.75, 3.05) is 0 Å². The molecule has 0 rings (SSSR count). The summed E-state index contributed by atoms with van der Waals surface area (Å²) < 4.78 is 0. The highest BCUT2D eigenvalue weighted by Gasteiger charge is 1.57. The van der Waals surface area contributed by atoms with Crippen molar-refractivity contribution >= 4 is 0 Å². The van der Waals surface area contributed by atoms with Crippen molar-refractivity contribution in [3.05, 3.63) is 17.9 Å². The van der Waals surface area contributed by atoms with Gasteiger partial charge in [-0.25, -0.2) is 0 Å². The largest absolute Gasteiger partial charge is 0.130 e. The molecule has 48 valence electrons. The van der Waals surface area contributed by atoms with E-state index in [4.69, 9.17) is 0 Å². The standard InChI is InChI=1S/C5H8.C3H4.2H2/c1-4-5(2)3;1-3-2;;/h1H2,2-3H3;1H,2H3;2*1H. The molecule has 0 nitrogen and oxygen atoms in total. The summed E-state index contributed by atoms with van der Waals surface area (Å²) >= 11 is 0. The summed E-state index contributed by atoms with van der Waals surface area (Å²) in [5, 5.41) is 0. The lowest BCUT2D eigenvalue weighted by Crippen LogP contribution is -1.47. The van der Waals surface area contributed by atoms with Crippen molar-refractivity contribution < 1.29 is 2.85 Å². The fourth-order valence-electron chi connectivity index (χ4n) is 0. The van der Waals surface area contributed by atoms with Crippen LogP contribution in [0.15, 0.2) is 17.9 Å². The van der Waals surface area contributed by atoms with Crippen LogP contribution < -0.4 is 0 Å². The van der Waals surface area contributed by atoms with Crippen LogP contribution in [0.1, 0.15) is 23.6 Å². The second-order valence-corrected chi connectivity index (χ2v) is 1.47. The molecular weight excluding hydrogens is 96.1 g/mol. The average Bonchev–Trinajstić information content (AvgIpc) is 1.69. The maximum absolute atomic E-state index is 4.60. The van der Waals surface area contributed by atoms with Crippen LogP contribution in [-0.2, 0) is 0 Å². The zero-order valence-electron chi connectivity index (χ0n) is 5.78. The van der Waals surface area contributed by atoms with Gasteiger partial charge in [0, 0.05) is 2.85 Å². The summed E-state index contributed by atoms with van der Waals surface area (Å²) in [5.74, 6) is 2.25. The molecular formula is C8H16. The van der Waals surface area contributed by atoms with Gasteiger partial charge in [0.05, 0.1) is 0 Å². The molecule has 0 atom stereocenters. The molecule has 0 heterocycles. The molecule has 0 saturated carbocycles. The lowest BCUT2D eigenvalue weighted by Gasteiger charge is -1.67. The molecule has 0 fully saturated rings. The molecule has 0 radical (unpaired) electrons. The fraction of sp³-hybridized carbons (Fsp3) is 0.375. The molecule has 0 bridgehead atoms. The van der Waals surface area contributed by atoms with Crippen molar-refractivity contribution in [1.82, 2.24) is 0 Å². The topological polar surface area (TPSA) is 0 Å². The molecule has 0 aliphatic carbocycles. The highest BCUT2D eigenvalue weighted by atomic mass is 13.6. The fourth-order valence-corrected chi connectivity index (χ4v) is 0. The maximum Gasteiger partial charge on any atom is 0 e. The van der Waals surface area contributed by atoms with Crippen molar-refractivity contribution in [2.24, 2.45) is 0 Å². The van der Waals surface area contributed by atoms with Gasteiger partial charge in [0.1, 0.15) is 0 Å². The molecule has 8 heavy (non-hydrogen) atoms. The van der Waals surface area contributed by atoms with Crippen molar-refractivity contribution in [1.29, 1.82) is 0 Å². The minimum Gasteiger partial charge on any atom is -0.130 e. The Morgan fingerprint density at radius 3 is 1.75 bits per heavy atom. The van der Waals surface area contributed by atoms with Gasteiger partial charge < -0.3 is 0 Å². The SMILES string of the molecule is C#CC.C=C=C(C)C.[HH].[HH]. The third kappa shape index (κ3) is 72.5.